The average Bonchev–Trinajstić information content (AvgIpc) is 2.71. The van der Waals surface area contributed by atoms with Crippen LogP contribution in [0.2, 0.25) is 0 Å². The van der Waals surface area contributed by atoms with E-state index in [4.69, 9.17) is 0 Å². The van der Waals surface area contributed by atoms with Crippen LogP contribution in [0.5, 0.6) is 0 Å². The molecule has 0 aliphatic carbocycles. The summed E-state index contributed by atoms with van der Waals surface area (Å²) in [6.07, 6.45) is 19.2. The highest BCUT2D eigenvalue weighted by Gasteiger charge is 2.18. The van der Waals surface area contributed by atoms with E-state index in [2.05, 4.69) is 13.0 Å². The molecule has 0 radical (unpaired) electrons. The second kappa shape index (κ2) is 16.5. The van der Waals surface area contributed by atoms with Gasteiger partial charge in [0.2, 0.25) is 0 Å². The van der Waals surface area contributed by atoms with Crippen LogP contribution in [0, 0.1) is 17.2 Å². The molecule has 0 aliphatic rings. The van der Waals surface area contributed by atoms with Crippen molar-refractivity contribution in [3.63, 3.8) is 0 Å². The lowest BCUT2D eigenvalue weighted by Crippen LogP contribution is -2.12. The van der Waals surface area contributed by atoms with Crippen LogP contribution in [-0.2, 0) is 0 Å². The summed E-state index contributed by atoms with van der Waals surface area (Å²) < 4.78 is 0. The van der Waals surface area contributed by atoms with Gasteiger partial charge in [0.15, 0.2) is 5.78 Å². The summed E-state index contributed by atoms with van der Waals surface area (Å²) in [5.74, 6) is -0.502. The topological polar surface area (TPSA) is 40.9 Å². The van der Waals surface area contributed by atoms with Crippen LogP contribution in [0.4, 0.5) is 0 Å². The maximum atomic E-state index is 12.3. The first-order chi connectivity index (χ1) is 13.3. The smallest absolute Gasteiger partial charge is 0.179 e. The molecule has 1 aromatic rings. The van der Waals surface area contributed by atoms with Gasteiger partial charge in [-0.2, -0.15) is 5.26 Å². The van der Waals surface area contributed by atoms with Crippen molar-refractivity contribution in [1.82, 2.24) is 0 Å². The highest BCUT2D eigenvalue weighted by molar-refractivity contribution is 5.99. The van der Waals surface area contributed by atoms with Gasteiger partial charge in [0, 0.05) is 5.56 Å². The van der Waals surface area contributed by atoms with E-state index in [1.165, 1.54) is 77.0 Å². The van der Waals surface area contributed by atoms with E-state index in [0.29, 0.717) is 12.0 Å². The molecule has 0 bridgehead atoms. The number of benzene rings is 1. The largest absolute Gasteiger partial charge is 0.293 e. The Morgan fingerprint density at radius 1 is 0.778 bits per heavy atom. The molecular weight excluding hydrogens is 330 g/mol. The van der Waals surface area contributed by atoms with Gasteiger partial charge in [-0.1, -0.05) is 127 Å². The Morgan fingerprint density at radius 3 is 1.67 bits per heavy atom. The molecule has 1 atom stereocenters. The first-order valence-electron chi connectivity index (χ1n) is 11.3. The highest BCUT2D eigenvalue weighted by Crippen LogP contribution is 2.17. The minimum Gasteiger partial charge on any atom is -0.293 e. The summed E-state index contributed by atoms with van der Waals surface area (Å²) in [7, 11) is 0. The fraction of sp³-hybridized carbons (Fsp3) is 0.680. The lowest BCUT2D eigenvalue weighted by atomic mass is 9.93. The minimum absolute atomic E-state index is 0.0206. The van der Waals surface area contributed by atoms with Crippen molar-refractivity contribution in [1.29, 1.82) is 5.26 Å². The summed E-state index contributed by atoms with van der Waals surface area (Å²) in [6.45, 7) is 2.27. The van der Waals surface area contributed by atoms with Gasteiger partial charge in [0.25, 0.3) is 0 Å². The van der Waals surface area contributed by atoms with Crippen LogP contribution in [0.1, 0.15) is 114 Å². The Labute approximate surface area is 167 Å². The number of Topliss-reactive ketones (excluding diaryl/α,β-unsaturated/α-hetero) is 1. The Balaban J connectivity index is 1.95. The highest BCUT2D eigenvalue weighted by atomic mass is 16.1. The second-order valence-electron chi connectivity index (χ2n) is 7.80. The number of carbonyl (C=O) groups is 1. The van der Waals surface area contributed by atoms with Gasteiger partial charge in [-0.3, -0.25) is 4.79 Å². The van der Waals surface area contributed by atoms with Crippen molar-refractivity contribution in [2.45, 2.75) is 103 Å². The van der Waals surface area contributed by atoms with E-state index in [0.717, 1.165) is 12.8 Å². The summed E-state index contributed by atoms with van der Waals surface area (Å²) in [6, 6.07) is 11.4. The Morgan fingerprint density at radius 2 is 1.22 bits per heavy atom. The van der Waals surface area contributed by atoms with Gasteiger partial charge in [0.1, 0.15) is 5.92 Å². The Bertz CT molecular complexity index is 517. The number of carbonyl (C=O) groups excluding carboxylic acids is 1. The number of ketones is 1. The van der Waals surface area contributed by atoms with Gasteiger partial charge < -0.3 is 0 Å². The fourth-order valence-corrected chi connectivity index (χ4v) is 3.60. The van der Waals surface area contributed by atoms with E-state index in [-0.39, 0.29) is 5.78 Å². The number of nitrogens with zero attached hydrogens (tertiary/aromatic N) is 1. The van der Waals surface area contributed by atoms with Crippen LogP contribution in [0.3, 0.4) is 0 Å². The molecule has 1 aromatic carbocycles. The Kier molecular flexibility index (Phi) is 14.4. The van der Waals surface area contributed by atoms with Gasteiger partial charge in [-0.25, -0.2) is 0 Å². The number of unbranched alkanes of at least 4 members (excludes halogenated alkanes) is 13. The van der Waals surface area contributed by atoms with Crippen molar-refractivity contribution >= 4 is 5.78 Å². The van der Waals surface area contributed by atoms with Gasteiger partial charge in [-0.05, 0) is 6.42 Å². The van der Waals surface area contributed by atoms with Crippen molar-refractivity contribution in [2.24, 2.45) is 5.92 Å². The quantitative estimate of drug-likeness (QED) is 0.207. The molecule has 0 aliphatic heterocycles. The molecule has 0 aromatic heterocycles. The number of nitriles is 1. The lowest BCUT2D eigenvalue weighted by Gasteiger charge is -2.08. The van der Waals surface area contributed by atoms with Gasteiger partial charge in [-0.15, -0.1) is 0 Å². The van der Waals surface area contributed by atoms with Crippen molar-refractivity contribution in [2.75, 3.05) is 0 Å². The molecule has 150 valence electrons. The van der Waals surface area contributed by atoms with Crippen molar-refractivity contribution in [3.05, 3.63) is 35.9 Å². The van der Waals surface area contributed by atoms with Crippen molar-refractivity contribution in [3.8, 4) is 6.07 Å². The summed E-state index contributed by atoms with van der Waals surface area (Å²) in [5, 5.41) is 9.29. The predicted octanol–water partition coefficient (Wildman–Crippen LogP) is 7.88. The first-order valence-corrected chi connectivity index (χ1v) is 11.3. The zero-order chi connectivity index (χ0) is 19.6. The average molecular weight is 370 g/mol. The third-order valence-electron chi connectivity index (χ3n) is 5.38. The SMILES string of the molecule is CCCCCCCCCCCCCCCCC(C#N)C(=O)c1ccccc1. The number of hydrogen-bond acceptors (Lipinski definition) is 2. The van der Waals surface area contributed by atoms with E-state index < -0.39 is 5.92 Å². The normalized spacial score (nSPS) is 11.9. The first kappa shape index (κ1) is 23.4. The number of rotatable bonds is 17. The summed E-state index contributed by atoms with van der Waals surface area (Å²) in [5.41, 5.74) is 0.661. The monoisotopic (exact) mass is 369 g/mol. The molecule has 0 saturated carbocycles. The zero-order valence-corrected chi connectivity index (χ0v) is 17.4. The maximum absolute atomic E-state index is 12.3. The summed E-state index contributed by atoms with van der Waals surface area (Å²) >= 11 is 0. The maximum Gasteiger partial charge on any atom is 0.179 e. The zero-order valence-electron chi connectivity index (χ0n) is 17.4. The second-order valence-corrected chi connectivity index (χ2v) is 7.80. The van der Waals surface area contributed by atoms with Crippen LogP contribution in [0.15, 0.2) is 30.3 Å². The van der Waals surface area contributed by atoms with Crippen molar-refractivity contribution < 1.29 is 4.79 Å². The van der Waals surface area contributed by atoms with E-state index in [9.17, 15) is 10.1 Å². The molecule has 0 saturated heterocycles. The molecular formula is C25H39NO. The molecule has 1 rings (SSSR count). The molecule has 27 heavy (non-hydrogen) atoms. The molecule has 1 unspecified atom stereocenters. The molecule has 0 N–H and O–H groups in total. The fourth-order valence-electron chi connectivity index (χ4n) is 3.60. The van der Waals surface area contributed by atoms with Crippen LogP contribution >= 0.6 is 0 Å². The van der Waals surface area contributed by atoms with E-state index in [1.54, 1.807) is 12.1 Å². The van der Waals surface area contributed by atoms with Gasteiger partial charge in [0.05, 0.1) is 6.07 Å². The van der Waals surface area contributed by atoms with E-state index in [1.807, 2.05) is 18.2 Å². The van der Waals surface area contributed by atoms with Crippen LogP contribution in [0.25, 0.3) is 0 Å². The number of hydrogen-bond donors (Lipinski definition) is 0. The minimum atomic E-state index is -0.482. The molecule has 2 heteroatoms. The van der Waals surface area contributed by atoms with E-state index >= 15 is 0 Å². The molecule has 0 fully saturated rings. The predicted molar refractivity (Wildman–Crippen MR) is 115 cm³/mol. The molecule has 2 nitrogen and oxygen atoms in total. The van der Waals surface area contributed by atoms with Crippen LogP contribution in [-0.4, -0.2) is 5.78 Å². The van der Waals surface area contributed by atoms with Gasteiger partial charge >= 0.3 is 0 Å². The molecule has 0 spiro atoms. The molecule has 0 heterocycles. The van der Waals surface area contributed by atoms with Crippen LogP contribution < -0.4 is 0 Å². The Hall–Kier alpha value is -1.62. The lowest BCUT2D eigenvalue weighted by molar-refractivity contribution is 0.0942. The third kappa shape index (κ3) is 11.6. The molecule has 0 amide bonds. The summed E-state index contributed by atoms with van der Waals surface area (Å²) in [4.78, 5) is 12.3. The third-order valence-corrected chi connectivity index (χ3v) is 5.38. The standard InChI is InChI=1S/C25H39NO/c1-2-3-4-5-6-7-8-9-10-11-12-13-14-16-21-24(22-26)25(27)23-19-17-15-18-20-23/h15,17-20,24H,2-14,16,21H2,1H3.